The van der Waals surface area contributed by atoms with E-state index in [1.165, 1.54) is 0 Å². The molecule has 1 saturated carbocycles. The first-order valence-electron chi connectivity index (χ1n) is 14.5. The lowest BCUT2D eigenvalue weighted by atomic mass is 9.54. The van der Waals surface area contributed by atoms with Gasteiger partial charge in [-0.05, 0) is 24.0 Å². The van der Waals surface area contributed by atoms with Crippen molar-refractivity contribution in [1.29, 1.82) is 0 Å². The number of imide groups is 2. The minimum atomic E-state index is -0.993. The van der Waals surface area contributed by atoms with Crippen molar-refractivity contribution in [3.05, 3.63) is 83.9 Å². The number of ether oxygens (including phenoxy) is 2. The average Bonchev–Trinajstić information content (AvgIpc) is 3.45. The van der Waals surface area contributed by atoms with Gasteiger partial charge < -0.3 is 20.9 Å². The Morgan fingerprint density at radius 3 is 1.23 bits per heavy atom. The number of amides is 4. The molecule has 2 aromatic carbocycles. The quantitative estimate of drug-likeness (QED) is 0.217. The van der Waals surface area contributed by atoms with Crippen molar-refractivity contribution in [2.75, 3.05) is 13.5 Å². The van der Waals surface area contributed by atoms with Crippen LogP contribution in [0.5, 0.6) is 0 Å². The summed E-state index contributed by atoms with van der Waals surface area (Å²) in [6, 6.07) is 16.2. The Bertz CT molecular complexity index is 1370. The van der Waals surface area contributed by atoms with Gasteiger partial charge in [-0.3, -0.25) is 28.8 Å². The Morgan fingerprint density at radius 1 is 0.591 bits per heavy atom. The lowest BCUT2D eigenvalue weighted by molar-refractivity contribution is -0.158. The highest BCUT2D eigenvalue weighted by molar-refractivity contribution is 6.10. The van der Waals surface area contributed by atoms with E-state index in [4.69, 9.17) is 20.9 Å². The highest BCUT2D eigenvalue weighted by Crippen LogP contribution is 2.57. The van der Waals surface area contributed by atoms with Gasteiger partial charge in [0.05, 0.1) is 23.7 Å². The maximum atomic E-state index is 13.5. The first-order chi connectivity index (χ1) is 21.2. The van der Waals surface area contributed by atoms with E-state index in [1.54, 1.807) is 12.2 Å². The molecule has 2 unspecified atom stereocenters. The van der Waals surface area contributed by atoms with Crippen LogP contribution in [0.15, 0.2) is 72.8 Å². The van der Waals surface area contributed by atoms with E-state index in [-0.39, 0.29) is 12.8 Å². The molecule has 12 heteroatoms. The molecule has 2 saturated heterocycles. The van der Waals surface area contributed by atoms with Gasteiger partial charge >= 0.3 is 11.9 Å². The second kappa shape index (κ2) is 11.8. The lowest BCUT2D eigenvalue weighted by Gasteiger charge is -2.44. The van der Waals surface area contributed by atoms with Gasteiger partial charge in [0.1, 0.15) is 12.1 Å². The zero-order valence-corrected chi connectivity index (χ0v) is 23.7. The van der Waals surface area contributed by atoms with Crippen molar-refractivity contribution in [2.24, 2.45) is 47.0 Å². The highest BCUT2D eigenvalue weighted by Gasteiger charge is 2.68. The molecule has 2 heterocycles. The summed E-state index contributed by atoms with van der Waals surface area (Å²) < 4.78 is 10.5. The van der Waals surface area contributed by atoms with Crippen LogP contribution >= 0.6 is 0 Å². The van der Waals surface area contributed by atoms with Crippen molar-refractivity contribution in [3.8, 4) is 0 Å². The second-order valence-electron chi connectivity index (χ2n) is 11.6. The predicted molar refractivity (Wildman–Crippen MR) is 152 cm³/mol. The summed E-state index contributed by atoms with van der Waals surface area (Å²) in [5.74, 6) is -8.76. The van der Waals surface area contributed by atoms with Crippen LogP contribution < -0.4 is 11.5 Å². The summed E-state index contributed by atoms with van der Waals surface area (Å²) in [5.41, 5.74) is 13.6. The molecule has 7 rings (SSSR count). The number of nitrogens with two attached hydrogens (primary N) is 2. The van der Waals surface area contributed by atoms with Crippen LogP contribution in [0, 0.1) is 35.5 Å². The topological polar surface area (TPSA) is 179 Å². The molecular formula is C32H32N4O8. The molecule has 44 heavy (non-hydrogen) atoms. The van der Waals surface area contributed by atoms with Crippen molar-refractivity contribution >= 4 is 35.6 Å². The Balaban J connectivity index is 1.09. The molecular weight excluding hydrogens is 568 g/mol. The fraction of sp³-hybridized carbons (Fsp3) is 0.375. The van der Waals surface area contributed by atoms with Gasteiger partial charge in [0, 0.05) is 11.8 Å². The Hall–Kier alpha value is -4.68. The van der Waals surface area contributed by atoms with Crippen LogP contribution in [0.2, 0.25) is 0 Å². The summed E-state index contributed by atoms with van der Waals surface area (Å²) >= 11 is 0. The van der Waals surface area contributed by atoms with E-state index in [0.29, 0.717) is 0 Å². The Morgan fingerprint density at radius 2 is 0.909 bits per heavy atom. The average molecular weight is 601 g/mol. The smallest absolute Gasteiger partial charge is 0.324 e. The van der Waals surface area contributed by atoms with Crippen LogP contribution in [-0.2, 0) is 51.1 Å². The third-order valence-electron chi connectivity index (χ3n) is 9.07. The van der Waals surface area contributed by atoms with E-state index in [1.807, 2.05) is 60.7 Å². The summed E-state index contributed by atoms with van der Waals surface area (Å²) in [7, 11) is 0. The van der Waals surface area contributed by atoms with E-state index in [0.717, 1.165) is 20.9 Å². The first kappa shape index (κ1) is 29.4. The standard InChI is InChI=1S/C32H32N4O8/c33-21(13-17-7-3-1-4-8-17)31(41)43-15-35-27(37)23-19-11-12-20(24(23)28(35)38)26-25(19)29(39)36(30(26)40)16-44-32(42)22(34)14-18-9-5-2-6-10-18/h1-12,19-26H,13-16,33-34H2/t19?,20?,21-,22-,23-,24-,25-,26+/m1/s1. The monoisotopic (exact) mass is 600 g/mol. The number of rotatable bonds is 10. The van der Waals surface area contributed by atoms with Crippen LogP contribution in [0.1, 0.15) is 11.1 Å². The second-order valence-corrected chi connectivity index (χ2v) is 11.6. The van der Waals surface area contributed by atoms with Crippen LogP contribution in [-0.4, -0.2) is 70.9 Å². The number of allylic oxidation sites excluding steroid dienone is 2. The summed E-state index contributed by atoms with van der Waals surface area (Å²) in [6.07, 6.45) is 3.86. The molecule has 12 nitrogen and oxygen atoms in total. The van der Waals surface area contributed by atoms with Crippen molar-refractivity contribution in [3.63, 3.8) is 0 Å². The first-order valence-corrected chi connectivity index (χ1v) is 14.5. The number of benzene rings is 2. The predicted octanol–water partition coefficient (Wildman–Crippen LogP) is 0.146. The number of esters is 2. The largest absolute Gasteiger partial charge is 0.443 e. The fourth-order valence-corrected chi connectivity index (χ4v) is 6.98. The number of carbonyl (C=O) groups excluding carboxylic acids is 6. The Kier molecular flexibility index (Phi) is 7.87. The summed E-state index contributed by atoms with van der Waals surface area (Å²) in [6.45, 7) is -1.21. The van der Waals surface area contributed by atoms with Gasteiger partial charge in [-0.25, -0.2) is 9.80 Å². The van der Waals surface area contributed by atoms with E-state index in [2.05, 4.69) is 0 Å². The number of likely N-dealkylation sites (tertiary alicyclic amines) is 2. The normalized spacial score (nSPS) is 28.1. The zero-order valence-electron chi connectivity index (χ0n) is 23.7. The minimum absolute atomic E-state index is 0.221. The molecule has 3 aliphatic carbocycles. The SMILES string of the molecule is N[C@H](Cc1ccccc1)C(=O)OCN1C(=O)[C@@H]2C3C=CC([C@H]2C1=O)[C@@H]1C(=O)N(COC(=O)[C@H](N)Cc2ccccc2)C(=O)[C@H]31. The fourth-order valence-electron chi connectivity index (χ4n) is 6.98. The lowest BCUT2D eigenvalue weighted by Crippen LogP contribution is -2.50. The van der Waals surface area contributed by atoms with Gasteiger partial charge in [-0.2, -0.15) is 0 Å². The minimum Gasteiger partial charge on any atom is -0.443 e. The highest BCUT2D eigenvalue weighted by atomic mass is 16.6. The van der Waals surface area contributed by atoms with E-state index >= 15 is 0 Å². The number of nitrogens with zero attached hydrogens (tertiary/aromatic N) is 2. The molecule has 4 N–H and O–H groups in total. The maximum absolute atomic E-state index is 13.5. The molecule has 5 aliphatic rings. The van der Waals surface area contributed by atoms with Gasteiger partial charge in [-0.1, -0.05) is 72.8 Å². The van der Waals surface area contributed by atoms with Crippen molar-refractivity contribution < 1.29 is 38.2 Å². The van der Waals surface area contributed by atoms with Crippen LogP contribution in [0.25, 0.3) is 0 Å². The van der Waals surface area contributed by atoms with Gasteiger partial charge in [-0.15, -0.1) is 0 Å². The van der Waals surface area contributed by atoms with Crippen LogP contribution in [0.4, 0.5) is 0 Å². The summed E-state index contributed by atoms with van der Waals surface area (Å²) in [5, 5.41) is 0. The molecule has 8 atom stereocenters. The van der Waals surface area contributed by atoms with E-state index < -0.39 is 96.6 Å². The van der Waals surface area contributed by atoms with Gasteiger partial charge in [0.15, 0.2) is 13.5 Å². The number of hydrogen-bond donors (Lipinski definition) is 2. The Labute approximate surface area is 252 Å². The molecule has 2 aromatic rings. The van der Waals surface area contributed by atoms with Gasteiger partial charge in [0.2, 0.25) is 23.6 Å². The zero-order chi connectivity index (χ0) is 31.1. The van der Waals surface area contributed by atoms with Crippen LogP contribution in [0.3, 0.4) is 0 Å². The number of carbonyl (C=O) groups is 6. The molecule has 4 amide bonds. The molecule has 0 spiro atoms. The van der Waals surface area contributed by atoms with E-state index in [9.17, 15) is 28.8 Å². The maximum Gasteiger partial charge on any atom is 0.324 e. The molecule has 3 fully saturated rings. The number of hydrogen-bond acceptors (Lipinski definition) is 10. The molecule has 0 aromatic heterocycles. The summed E-state index contributed by atoms with van der Waals surface area (Å²) in [4.78, 5) is 80.7. The molecule has 228 valence electrons. The molecule has 2 bridgehead atoms. The molecule has 0 radical (unpaired) electrons. The third kappa shape index (κ3) is 5.09. The van der Waals surface area contributed by atoms with Gasteiger partial charge in [0.25, 0.3) is 0 Å². The van der Waals surface area contributed by atoms with Crippen molar-refractivity contribution in [1.82, 2.24) is 9.80 Å². The van der Waals surface area contributed by atoms with Crippen molar-refractivity contribution in [2.45, 2.75) is 24.9 Å². The third-order valence-corrected chi connectivity index (χ3v) is 9.07. The molecule has 2 aliphatic heterocycles.